The zero-order valence-electron chi connectivity index (χ0n) is 12.2. The number of guanidine groups is 1. The average molecular weight is 260 g/mol. The lowest BCUT2D eigenvalue weighted by molar-refractivity contribution is 0.173. The fraction of sp³-hybridized carbons (Fsp3) is 0.533. The Hall–Kier alpha value is -1.55. The molecule has 0 amide bonds. The highest BCUT2D eigenvalue weighted by Gasteiger charge is 2.18. The third kappa shape index (κ3) is 3.26. The van der Waals surface area contributed by atoms with E-state index in [0.29, 0.717) is 0 Å². The fourth-order valence-corrected chi connectivity index (χ4v) is 2.83. The molecule has 1 aliphatic heterocycles. The van der Waals surface area contributed by atoms with E-state index in [-0.39, 0.29) is 5.96 Å². The van der Waals surface area contributed by atoms with Crippen LogP contribution in [0.15, 0.2) is 12.1 Å². The van der Waals surface area contributed by atoms with Crippen LogP contribution in [0.3, 0.4) is 0 Å². The molecule has 1 aromatic carbocycles. The number of hydrogen-bond donors (Lipinski definition) is 2. The van der Waals surface area contributed by atoms with Crippen molar-refractivity contribution >= 4 is 5.96 Å². The number of nitrogens with zero attached hydrogens (tertiary/aromatic N) is 2. The normalized spacial score (nSPS) is 16.7. The van der Waals surface area contributed by atoms with Crippen molar-refractivity contribution in [3.05, 3.63) is 34.4 Å². The minimum atomic E-state index is 0.197. The summed E-state index contributed by atoms with van der Waals surface area (Å²) in [6.45, 7) is 11.2. The molecule has 1 aromatic rings. The summed E-state index contributed by atoms with van der Waals surface area (Å²) < 4.78 is 0. The number of rotatable bonds is 2. The molecule has 0 aliphatic carbocycles. The molecule has 0 atom stereocenters. The second-order valence-electron chi connectivity index (χ2n) is 5.53. The fourth-order valence-electron chi connectivity index (χ4n) is 2.83. The van der Waals surface area contributed by atoms with Crippen LogP contribution in [0.25, 0.3) is 0 Å². The lowest BCUT2D eigenvalue weighted by atomic mass is 9.99. The molecule has 1 fully saturated rings. The first-order chi connectivity index (χ1) is 8.97. The summed E-state index contributed by atoms with van der Waals surface area (Å²) >= 11 is 0. The van der Waals surface area contributed by atoms with Gasteiger partial charge in [-0.25, -0.2) is 0 Å². The molecule has 1 heterocycles. The quantitative estimate of drug-likeness (QED) is 0.627. The van der Waals surface area contributed by atoms with Crippen molar-refractivity contribution < 1.29 is 0 Å². The smallest absolute Gasteiger partial charge is 0.188 e. The summed E-state index contributed by atoms with van der Waals surface area (Å²) in [4.78, 5) is 4.38. The maximum atomic E-state index is 7.45. The molecule has 0 saturated carbocycles. The summed E-state index contributed by atoms with van der Waals surface area (Å²) in [6.07, 6.45) is 0. The predicted molar refractivity (Wildman–Crippen MR) is 79.4 cm³/mol. The largest absolute Gasteiger partial charge is 0.370 e. The van der Waals surface area contributed by atoms with Gasteiger partial charge in [-0.15, -0.1) is 0 Å². The summed E-state index contributed by atoms with van der Waals surface area (Å²) in [5.74, 6) is 0.197. The first-order valence-corrected chi connectivity index (χ1v) is 6.85. The highest BCUT2D eigenvalue weighted by molar-refractivity contribution is 5.74. The maximum Gasteiger partial charge on any atom is 0.188 e. The summed E-state index contributed by atoms with van der Waals surface area (Å²) in [5.41, 5.74) is 11.1. The van der Waals surface area contributed by atoms with E-state index in [0.717, 1.165) is 32.7 Å². The molecule has 104 valence electrons. The van der Waals surface area contributed by atoms with Crippen LogP contribution in [0.4, 0.5) is 0 Å². The molecule has 1 aliphatic rings. The Morgan fingerprint density at radius 2 is 1.63 bits per heavy atom. The number of piperazine rings is 1. The van der Waals surface area contributed by atoms with Gasteiger partial charge in [0.15, 0.2) is 5.96 Å². The van der Waals surface area contributed by atoms with Crippen LogP contribution < -0.4 is 5.73 Å². The van der Waals surface area contributed by atoms with Gasteiger partial charge in [0.1, 0.15) is 0 Å². The van der Waals surface area contributed by atoms with Gasteiger partial charge in [0.05, 0.1) is 0 Å². The number of hydrogen-bond acceptors (Lipinski definition) is 2. The van der Waals surface area contributed by atoms with Crippen LogP contribution in [-0.2, 0) is 6.54 Å². The van der Waals surface area contributed by atoms with E-state index in [1.807, 2.05) is 4.90 Å². The molecule has 0 spiro atoms. The van der Waals surface area contributed by atoms with E-state index in [9.17, 15) is 0 Å². The van der Waals surface area contributed by atoms with E-state index < -0.39 is 0 Å². The first-order valence-electron chi connectivity index (χ1n) is 6.85. The molecular formula is C15H24N4. The molecule has 19 heavy (non-hydrogen) atoms. The van der Waals surface area contributed by atoms with Crippen molar-refractivity contribution in [2.24, 2.45) is 5.73 Å². The topological polar surface area (TPSA) is 56.4 Å². The number of nitrogens with one attached hydrogen (secondary N) is 1. The van der Waals surface area contributed by atoms with Gasteiger partial charge in [0.25, 0.3) is 0 Å². The SMILES string of the molecule is Cc1cc(C)c(CN2CCN(C(=N)N)CC2)c(C)c1. The third-order valence-electron chi connectivity index (χ3n) is 3.94. The van der Waals surface area contributed by atoms with Crippen molar-refractivity contribution in [3.63, 3.8) is 0 Å². The Morgan fingerprint density at radius 3 is 2.11 bits per heavy atom. The Morgan fingerprint density at radius 1 is 1.11 bits per heavy atom. The highest BCUT2D eigenvalue weighted by Crippen LogP contribution is 2.19. The van der Waals surface area contributed by atoms with Crippen LogP contribution in [0.2, 0.25) is 0 Å². The van der Waals surface area contributed by atoms with Crippen molar-refractivity contribution in [2.75, 3.05) is 26.2 Å². The van der Waals surface area contributed by atoms with Crippen molar-refractivity contribution in [1.82, 2.24) is 9.80 Å². The molecule has 4 nitrogen and oxygen atoms in total. The summed E-state index contributed by atoms with van der Waals surface area (Å²) in [5, 5.41) is 7.45. The van der Waals surface area contributed by atoms with E-state index in [1.54, 1.807) is 0 Å². The zero-order chi connectivity index (χ0) is 14.0. The van der Waals surface area contributed by atoms with Gasteiger partial charge in [-0.2, -0.15) is 0 Å². The Kier molecular flexibility index (Phi) is 4.10. The molecule has 2 rings (SSSR count). The number of benzene rings is 1. The lowest BCUT2D eigenvalue weighted by Gasteiger charge is -2.35. The van der Waals surface area contributed by atoms with Crippen LogP contribution in [0.1, 0.15) is 22.3 Å². The standard InChI is InChI=1S/C15H24N4/c1-11-8-12(2)14(13(3)9-11)10-18-4-6-19(7-5-18)15(16)17/h8-9H,4-7,10H2,1-3H3,(H3,16,17). The van der Waals surface area contributed by atoms with E-state index in [4.69, 9.17) is 11.1 Å². The Balaban J connectivity index is 2.02. The van der Waals surface area contributed by atoms with Crippen molar-refractivity contribution in [3.8, 4) is 0 Å². The molecule has 4 heteroatoms. The van der Waals surface area contributed by atoms with Crippen LogP contribution in [0.5, 0.6) is 0 Å². The van der Waals surface area contributed by atoms with Crippen molar-refractivity contribution in [2.45, 2.75) is 27.3 Å². The average Bonchev–Trinajstić information content (AvgIpc) is 2.34. The molecule has 1 saturated heterocycles. The predicted octanol–water partition coefficient (Wildman–Crippen LogP) is 1.62. The van der Waals surface area contributed by atoms with Crippen LogP contribution in [-0.4, -0.2) is 41.9 Å². The highest BCUT2D eigenvalue weighted by atomic mass is 15.3. The maximum absolute atomic E-state index is 7.45. The van der Waals surface area contributed by atoms with E-state index in [1.165, 1.54) is 22.3 Å². The molecule has 0 aromatic heterocycles. The molecule has 0 bridgehead atoms. The van der Waals surface area contributed by atoms with E-state index in [2.05, 4.69) is 37.8 Å². The minimum Gasteiger partial charge on any atom is -0.370 e. The Labute approximate surface area is 115 Å². The number of nitrogens with two attached hydrogens (primary N) is 1. The second-order valence-corrected chi connectivity index (χ2v) is 5.53. The van der Waals surface area contributed by atoms with Gasteiger partial charge in [0, 0.05) is 32.7 Å². The molecule has 0 radical (unpaired) electrons. The second kappa shape index (κ2) is 5.61. The zero-order valence-corrected chi connectivity index (χ0v) is 12.2. The van der Waals surface area contributed by atoms with Crippen LogP contribution in [0, 0.1) is 26.2 Å². The molecule has 3 N–H and O–H groups in total. The summed E-state index contributed by atoms with van der Waals surface area (Å²) in [6, 6.07) is 4.52. The molecule has 0 unspecified atom stereocenters. The summed E-state index contributed by atoms with van der Waals surface area (Å²) in [7, 11) is 0. The number of aryl methyl sites for hydroxylation is 3. The van der Waals surface area contributed by atoms with Gasteiger partial charge in [-0.05, 0) is 37.5 Å². The minimum absolute atomic E-state index is 0.197. The first kappa shape index (κ1) is 13.9. The third-order valence-corrected chi connectivity index (χ3v) is 3.94. The monoisotopic (exact) mass is 260 g/mol. The lowest BCUT2D eigenvalue weighted by Crippen LogP contribution is -2.50. The van der Waals surface area contributed by atoms with Crippen LogP contribution >= 0.6 is 0 Å². The van der Waals surface area contributed by atoms with Gasteiger partial charge in [-0.3, -0.25) is 10.3 Å². The van der Waals surface area contributed by atoms with Gasteiger partial charge >= 0.3 is 0 Å². The van der Waals surface area contributed by atoms with E-state index >= 15 is 0 Å². The van der Waals surface area contributed by atoms with Gasteiger partial charge < -0.3 is 10.6 Å². The molecular weight excluding hydrogens is 236 g/mol. The van der Waals surface area contributed by atoms with Crippen molar-refractivity contribution in [1.29, 1.82) is 5.41 Å². The Bertz CT molecular complexity index is 450. The van der Waals surface area contributed by atoms with Gasteiger partial charge in [-0.1, -0.05) is 17.7 Å². The van der Waals surface area contributed by atoms with Gasteiger partial charge in [0.2, 0.25) is 0 Å².